The van der Waals surface area contributed by atoms with Gasteiger partial charge in [0.1, 0.15) is 5.75 Å². The molecular weight excluding hydrogens is 601 g/mol. The summed E-state index contributed by atoms with van der Waals surface area (Å²) in [5, 5.41) is 23.9. The van der Waals surface area contributed by atoms with Crippen LogP contribution in [0.2, 0.25) is 0 Å². The second kappa shape index (κ2) is 21.7. The van der Waals surface area contributed by atoms with Crippen molar-refractivity contribution in [2.24, 2.45) is 0 Å². The van der Waals surface area contributed by atoms with Crippen LogP contribution in [0, 0.1) is 0 Å². The third-order valence-corrected chi connectivity index (χ3v) is 9.20. The van der Waals surface area contributed by atoms with Crippen LogP contribution in [0.1, 0.15) is 157 Å². The van der Waals surface area contributed by atoms with E-state index in [1.54, 1.807) is 30.4 Å². The number of carboxylic acid groups (broad SMARTS) is 1. The maximum absolute atomic E-state index is 11.1. The van der Waals surface area contributed by atoms with Gasteiger partial charge in [-0.1, -0.05) is 150 Å². The average molecular weight is 663 g/mol. The molecule has 0 aliphatic heterocycles. The highest BCUT2D eigenvalue weighted by Crippen LogP contribution is 2.41. The molecule has 256 valence electrons. The fraction of sp³-hybridized carbons (Fsp3) is 0.722. The number of hydrogen-bond donors (Lipinski definition) is 3. The molecule has 0 bridgehead atoms. The lowest BCUT2D eigenvalue weighted by Crippen LogP contribution is -2.18. The van der Waals surface area contributed by atoms with Crippen LogP contribution in [0.4, 0.5) is 11.6 Å². The lowest BCUT2D eigenvalue weighted by molar-refractivity contribution is -0.136. The minimum Gasteiger partial charge on any atom is -0.507 e. The fourth-order valence-electron chi connectivity index (χ4n) is 4.59. The van der Waals surface area contributed by atoms with E-state index in [2.05, 4.69) is 60.7 Å². The molecule has 0 aliphatic rings. The van der Waals surface area contributed by atoms with Crippen molar-refractivity contribution >= 4 is 41.1 Å². The number of phenolic OH excluding ortho intramolecular Hbond substituents is 1. The van der Waals surface area contributed by atoms with E-state index in [9.17, 15) is 9.90 Å². The summed E-state index contributed by atoms with van der Waals surface area (Å²) in [6.45, 7) is 18.9. The van der Waals surface area contributed by atoms with Crippen LogP contribution in [0.3, 0.4) is 0 Å². The van der Waals surface area contributed by atoms with E-state index in [1.165, 1.54) is 77.0 Å². The van der Waals surface area contributed by atoms with E-state index in [1.807, 2.05) is 12.1 Å². The second-order valence-electron chi connectivity index (χ2n) is 13.7. The smallest absolute Gasteiger partial charge is 0.303 e. The molecule has 1 heterocycles. The normalized spacial score (nSPS) is 11.7. The van der Waals surface area contributed by atoms with Crippen LogP contribution in [0.15, 0.2) is 22.4 Å². The highest BCUT2D eigenvalue weighted by Gasteiger charge is 2.27. The molecule has 2 aromatic rings. The van der Waals surface area contributed by atoms with E-state index in [0.29, 0.717) is 11.7 Å². The van der Waals surface area contributed by atoms with Gasteiger partial charge in [-0.05, 0) is 35.8 Å². The molecule has 0 radical (unpaired) electrons. The van der Waals surface area contributed by atoms with Crippen LogP contribution in [0.25, 0.3) is 0 Å². The van der Waals surface area contributed by atoms with Gasteiger partial charge in [-0.15, -0.1) is 0 Å². The highest BCUT2D eigenvalue weighted by molar-refractivity contribution is 7.99. The Balaban J connectivity index is 0.00000187. The van der Waals surface area contributed by atoms with Gasteiger partial charge in [-0.2, -0.15) is 15.0 Å². The molecule has 1 aromatic heterocycles. The van der Waals surface area contributed by atoms with Gasteiger partial charge in [-0.3, -0.25) is 4.79 Å². The van der Waals surface area contributed by atoms with E-state index in [-0.39, 0.29) is 17.3 Å². The van der Waals surface area contributed by atoms with Crippen molar-refractivity contribution in [3.63, 3.8) is 0 Å². The summed E-state index contributed by atoms with van der Waals surface area (Å²) in [6, 6.07) is 4.08. The zero-order chi connectivity index (χ0) is 33.9. The lowest BCUT2D eigenvalue weighted by Gasteiger charge is -2.28. The Morgan fingerprint density at radius 3 is 1.42 bits per heavy atom. The Bertz CT molecular complexity index is 1060. The molecule has 9 heteroatoms. The maximum atomic E-state index is 11.1. The van der Waals surface area contributed by atoms with E-state index >= 15 is 0 Å². The molecular formula is C36H62N4O3S2. The third-order valence-electron chi connectivity index (χ3n) is 7.34. The molecule has 1 aromatic carbocycles. The fourth-order valence-corrected chi connectivity index (χ4v) is 6.32. The SMILES string of the molecule is CCC(=O)O.CCCCCCCCSc1nc(Nc2cc(C(C)(C)C)c(O)c(C(C)(C)C)c2)nc(SCCCCCCCC)n1. The summed E-state index contributed by atoms with van der Waals surface area (Å²) in [7, 11) is 0. The molecule has 0 saturated heterocycles. The maximum Gasteiger partial charge on any atom is 0.303 e. The zero-order valence-corrected chi connectivity index (χ0v) is 31.4. The van der Waals surface area contributed by atoms with Crippen molar-refractivity contribution in [1.29, 1.82) is 0 Å². The molecule has 45 heavy (non-hydrogen) atoms. The van der Waals surface area contributed by atoms with Crippen molar-refractivity contribution in [3.8, 4) is 5.75 Å². The quantitative estimate of drug-likeness (QED) is 0.0769. The first-order valence-corrected chi connectivity index (χ1v) is 19.1. The molecule has 3 N–H and O–H groups in total. The first-order valence-electron chi connectivity index (χ1n) is 17.1. The first-order chi connectivity index (χ1) is 21.2. The number of carboxylic acids is 1. The first kappa shape index (κ1) is 41.0. The van der Waals surface area contributed by atoms with Gasteiger partial charge in [0.25, 0.3) is 0 Å². The number of thioether (sulfide) groups is 2. The van der Waals surface area contributed by atoms with Crippen LogP contribution in [-0.2, 0) is 15.6 Å². The van der Waals surface area contributed by atoms with Crippen LogP contribution in [-0.4, -0.2) is 42.6 Å². The number of nitrogens with zero attached hydrogens (tertiary/aromatic N) is 3. The third kappa shape index (κ3) is 17.5. The van der Waals surface area contributed by atoms with Gasteiger partial charge < -0.3 is 15.5 Å². The number of benzene rings is 1. The Labute approximate surface area is 283 Å². The Hall–Kier alpha value is -2.00. The van der Waals surface area contributed by atoms with Crippen molar-refractivity contribution in [3.05, 3.63) is 23.3 Å². The number of unbranched alkanes of at least 4 members (excludes halogenated alkanes) is 10. The van der Waals surface area contributed by atoms with Gasteiger partial charge in [0.15, 0.2) is 10.3 Å². The summed E-state index contributed by atoms with van der Waals surface area (Å²) in [5.74, 6) is 2.27. The van der Waals surface area contributed by atoms with Crippen LogP contribution >= 0.6 is 23.5 Å². The lowest BCUT2D eigenvalue weighted by atomic mass is 9.79. The average Bonchev–Trinajstić information content (AvgIpc) is 2.96. The summed E-state index contributed by atoms with van der Waals surface area (Å²) in [4.78, 5) is 23.8. The van der Waals surface area contributed by atoms with Gasteiger partial charge in [0, 0.05) is 34.7 Å². The minimum absolute atomic E-state index is 0.197. The van der Waals surface area contributed by atoms with E-state index in [4.69, 9.17) is 20.1 Å². The van der Waals surface area contributed by atoms with Gasteiger partial charge in [-0.25, -0.2) is 0 Å². The minimum atomic E-state index is -0.745. The molecule has 2 rings (SSSR count). The molecule has 0 amide bonds. The highest BCUT2D eigenvalue weighted by atomic mass is 32.2. The predicted octanol–water partition coefficient (Wildman–Crippen LogP) is 11.3. The molecule has 0 atom stereocenters. The van der Waals surface area contributed by atoms with E-state index < -0.39 is 5.97 Å². The van der Waals surface area contributed by atoms with Crippen molar-refractivity contribution < 1.29 is 15.0 Å². The number of aromatic hydroxyl groups is 1. The number of anilines is 2. The monoisotopic (exact) mass is 662 g/mol. The summed E-state index contributed by atoms with van der Waals surface area (Å²) < 4.78 is 0. The standard InChI is InChI=1S/C33H56N4OS2.C3H6O2/c1-9-11-13-15-17-19-21-39-30-35-29(36-31(37-30)40-22-20-18-16-14-12-10-2)34-25-23-26(32(3,4)5)28(38)27(24-25)33(6,7)8;1-2-3(4)5/h23-24,38H,9-22H2,1-8H3,(H,34,35,36,37);2H2,1H3,(H,4,5). The molecule has 0 saturated carbocycles. The molecule has 0 unspecified atom stereocenters. The molecule has 7 nitrogen and oxygen atoms in total. The van der Waals surface area contributed by atoms with Crippen LogP contribution < -0.4 is 5.32 Å². The van der Waals surface area contributed by atoms with Crippen LogP contribution in [0.5, 0.6) is 5.75 Å². The number of phenols is 1. The van der Waals surface area contributed by atoms with Gasteiger partial charge >= 0.3 is 5.97 Å². The Morgan fingerprint density at radius 1 is 0.689 bits per heavy atom. The predicted molar refractivity (Wildman–Crippen MR) is 195 cm³/mol. The summed E-state index contributed by atoms with van der Waals surface area (Å²) in [6.07, 6.45) is 15.6. The number of nitrogens with one attached hydrogen (secondary N) is 1. The number of aromatic nitrogens is 3. The molecule has 0 spiro atoms. The Kier molecular flexibility index (Phi) is 19.8. The largest absolute Gasteiger partial charge is 0.507 e. The van der Waals surface area contributed by atoms with E-state index in [0.717, 1.165) is 38.6 Å². The molecule has 0 fully saturated rings. The van der Waals surface area contributed by atoms with Gasteiger partial charge in [0.2, 0.25) is 5.95 Å². The Morgan fingerprint density at radius 2 is 1.07 bits per heavy atom. The topological polar surface area (TPSA) is 108 Å². The molecule has 0 aliphatic carbocycles. The number of carbonyl (C=O) groups is 1. The number of hydrogen-bond acceptors (Lipinski definition) is 8. The van der Waals surface area contributed by atoms with Crippen molar-refractivity contribution in [2.45, 2.75) is 167 Å². The van der Waals surface area contributed by atoms with Gasteiger partial charge in [0.05, 0.1) is 0 Å². The summed E-state index contributed by atoms with van der Waals surface area (Å²) in [5.41, 5.74) is 2.35. The van der Waals surface area contributed by atoms with Crippen molar-refractivity contribution in [1.82, 2.24) is 15.0 Å². The number of aliphatic carboxylic acids is 1. The zero-order valence-electron chi connectivity index (χ0n) is 29.7. The second-order valence-corrected chi connectivity index (χ2v) is 15.9. The number of rotatable bonds is 19. The summed E-state index contributed by atoms with van der Waals surface area (Å²) >= 11 is 3.48. The van der Waals surface area contributed by atoms with Crippen molar-refractivity contribution in [2.75, 3.05) is 16.8 Å².